The van der Waals surface area contributed by atoms with Crippen LogP contribution in [0.5, 0.6) is 0 Å². The Balaban J connectivity index is 1.88. The number of nitro benzene ring substituents is 1. The minimum Gasteiger partial charge on any atom is -0.281 e. The van der Waals surface area contributed by atoms with Crippen LogP contribution in [0.15, 0.2) is 84.9 Å². The van der Waals surface area contributed by atoms with Gasteiger partial charge in [-0.25, -0.2) is 0 Å². The molecule has 0 radical (unpaired) electrons. The molecule has 25 heavy (non-hydrogen) atoms. The molecule has 0 aliphatic rings. The highest BCUT2D eigenvalue weighted by Gasteiger charge is 2.18. The van der Waals surface area contributed by atoms with Gasteiger partial charge in [-0.2, -0.15) is 0 Å². The first-order chi connectivity index (χ1) is 12.1. The van der Waals surface area contributed by atoms with Crippen molar-refractivity contribution in [3.8, 4) is 0 Å². The van der Waals surface area contributed by atoms with Crippen LogP contribution < -0.4 is 4.90 Å². The maximum atomic E-state index is 12.9. The Hall–Kier alpha value is -3.47. The summed E-state index contributed by atoms with van der Waals surface area (Å²) in [7, 11) is 0. The second-order valence-corrected chi connectivity index (χ2v) is 5.50. The lowest BCUT2D eigenvalue weighted by molar-refractivity contribution is -0.384. The lowest BCUT2D eigenvalue weighted by atomic mass is 10.1. The third kappa shape index (κ3) is 3.90. The van der Waals surface area contributed by atoms with Gasteiger partial charge in [-0.1, -0.05) is 48.5 Å². The number of carbonyl (C=O) groups excluding carboxylic acids is 1. The first kappa shape index (κ1) is 16.4. The Morgan fingerprint density at radius 2 is 1.28 bits per heavy atom. The van der Waals surface area contributed by atoms with Gasteiger partial charge in [0.15, 0.2) is 0 Å². The van der Waals surface area contributed by atoms with Crippen molar-refractivity contribution < 1.29 is 9.72 Å². The third-order valence-electron chi connectivity index (χ3n) is 3.78. The predicted octanol–water partition coefficient (Wildman–Crippen LogP) is 4.50. The van der Waals surface area contributed by atoms with Crippen LogP contribution in [0.2, 0.25) is 0 Å². The smallest absolute Gasteiger partial charge is 0.269 e. The second-order valence-electron chi connectivity index (χ2n) is 5.50. The summed E-state index contributed by atoms with van der Waals surface area (Å²) in [6.45, 7) is 0. The van der Waals surface area contributed by atoms with Gasteiger partial charge in [0.1, 0.15) is 0 Å². The molecule has 0 aliphatic carbocycles. The zero-order valence-corrected chi connectivity index (χ0v) is 13.4. The molecular formula is C20H16N2O3. The van der Waals surface area contributed by atoms with Gasteiger partial charge in [0.25, 0.3) is 5.69 Å². The van der Waals surface area contributed by atoms with E-state index in [4.69, 9.17) is 0 Å². The van der Waals surface area contributed by atoms with Crippen LogP contribution in [-0.2, 0) is 11.2 Å². The van der Waals surface area contributed by atoms with E-state index in [9.17, 15) is 14.9 Å². The molecule has 5 heteroatoms. The molecule has 0 aromatic heterocycles. The maximum Gasteiger partial charge on any atom is 0.269 e. The van der Waals surface area contributed by atoms with Crippen LogP contribution in [0.1, 0.15) is 5.56 Å². The lowest BCUT2D eigenvalue weighted by Gasteiger charge is -2.23. The van der Waals surface area contributed by atoms with Crippen molar-refractivity contribution in [3.63, 3.8) is 0 Å². The van der Waals surface area contributed by atoms with Crippen LogP contribution in [0.3, 0.4) is 0 Å². The van der Waals surface area contributed by atoms with Crippen LogP contribution in [0.4, 0.5) is 17.1 Å². The van der Waals surface area contributed by atoms with Crippen molar-refractivity contribution in [1.29, 1.82) is 0 Å². The van der Waals surface area contributed by atoms with Crippen molar-refractivity contribution in [3.05, 3.63) is 101 Å². The van der Waals surface area contributed by atoms with E-state index >= 15 is 0 Å². The number of anilines is 2. The van der Waals surface area contributed by atoms with E-state index in [1.807, 2.05) is 60.7 Å². The largest absolute Gasteiger partial charge is 0.281 e. The summed E-state index contributed by atoms with van der Waals surface area (Å²) in [6.07, 6.45) is 0.155. The fourth-order valence-corrected chi connectivity index (χ4v) is 2.58. The normalized spacial score (nSPS) is 10.2. The highest BCUT2D eigenvalue weighted by Crippen LogP contribution is 2.26. The third-order valence-corrected chi connectivity index (χ3v) is 3.78. The average molecular weight is 332 g/mol. The summed E-state index contributed by atoms with van der Waals surface area (Å²) in [4.78, 5) is 24.9. The number of para-hydroxylation sites is 2. The summed E-state index contributed by atoms with van der Waals surface area (Å²) in [5.41, 5.74) is 2.30. The monoisotopic (exact) mass is 332 g/mol. The molecule has 0 heterocycles. The van der Waals surface area contributed by atoms with Crippen LogP contribution >= 0.6 is 0 Å². The summed E-state index contributed by atoms with van der Waals surface area (Å²) < 4.78 is 0. The fourth-order valence-electron chi connectivity index (χ4n) is 2.58. The highest BCUT2D eigenvalue weighted by molar-refractivity contribution is 6.01. The van der Waals surface area contributed by atoms with Gasteiger partial charge in [-0.05, 0) is 29.8 Å². The summed E-state index contributed by atoms with van der Waals surface area (Å²) >= 11 is 0. The van der Waals surface area contributed by atoms with Crippen molar-refractivity contribution in [2.24, 2.45) is 0 Å². The number of carbonyl (C=O) groups is 1. The topological polar surface area (TPSA) is 63.4 Å². The van der Waals surface area contributed by atoms with Gasteiger partial charge < -0.3 is 0 Å². The molecule has 124 valence electrons. The van der Waals surface area contributed by atoms with Gasteiger partial charge >= 0.3 is 0 Å². The molecule has 3 rings (SSSR count). The molecule has 0 bridgehead atoms. The summed E-state index contributed by atoms with van der Waals surface area (Å²) in [5, 5.41) is 10.7. The van der Waals surface area contributed by atoms with Gasteiger partial charge in [-0.15, -0.1) is 0 Å². The Labute approximate surface area is 145 Å². The molecule has 0 fully saturated rings. The van der Waals surface area contributed by atoms with Crippen molar-refractivity contribution in [1.82, 2.24) is 0 Å². The van der Waals surface area contributed by atoms with E-state index in [2.05, 4.69) is 0 Å². The SMILES string of the molecule is O=C(Cc1ccc([N+](=O)[O-])cc1)N(c1ccccc1)c1ccccc1. The molecule has 0 atom stereocenters. The van der Waals surface area contributed by atoms with E-state index in [1.54, 1.807) is 17.0 Å². The number of hydrogen-bond acceptors (Lipinski definition) is 3. The van der Waals surface area contributed by atoms with Crippen LogP contribution in [0, 0.1) is 10.1 Å². The van der Waals surface area contributed by atoms with Crippen molar-refractivity contribution in [2.75, 3.05) is 4.90 Å². The minimum absolute atomic E-state index is 0.0131. The van der Waals surface area contributed by atoms with Gasteiger partial charge in [0.2, 0.25) is 5.91 Å². The first-order valence-corrected chi connectivity index (χ1v) is 7.81. The molecule has 3 aromatic rings. The Morgan fingerprint density at radius 3 is 1.72 bits per heavy atom. The molecule has 0 saturated carbocycles. The van der Waals surface area contributed by atoms with Gasteiger partial charge in [0, 0.05) is 23.5 Å². The number of benzene rings is 3. The summed E-state index contributed by atoms with van der Waals surface area (Å²) in [5.74, 6) is -0.105. The van der Waals surface area contributed by atoms with E-state index in [1.165, 1.54) is 12.1 Å². The first-order valence-electron chi connectivity index (χ1n) is 7.81. The molecule has 0 spiro atoms. The zero-order valence-electron chi connectivity index (χ0n) is 13.4. The van der Waals surface area contributed by atoms with Crippen LogP contribution in [-0.4, -0.2) is 10.8 Å². The summed E-state index contributed by atoms with van der Waals surface area (Å²) in [6, 6.07) is 24.9. The van der Waals surface area contributed by atoms with Crippen molar-refractivity contribution >= 4 is 23.0 Å². The predicted molar refractivity (Wildman–Crippen MR) is 96.8 cm³/mol. The molecule has 5 nitrogen and oxygen atoms in total. The molecular weight excluding hydrogens is 316 g/mol. The molecule has 0 N–H and O–H groups in total. The van der Waals surface area contributed by atoms with Gasteiger partial charge in [0.05, 0.1) is 11.3 Å². The number of nitro groups is 1. The highest BCUT2D eigenvalue weighted by atomic mass is 16.6. The van der Waals surface area contributed by atoms with Gasteiger partial charge in [-0.3, -0.25) is 19.8 Å². The Morgan fingerprint density at radius 1 is 0.800 bits per heavy atom. The Bertz CT molecular complexity index is 823. The molecule has 3 aromatic carbocycles. The fraction of sp³-hybridized carbons (Fsp3) is 0.0500. The molecule has 0 aliphatic heterocycles. The van der Waals surface area contributed by atoms with E-state index in [0.29, 0.717) is 0 Å². The Kier molecular flexibility index (Phi) is 4.85. The van der Waals surface area contributed by atoms with Crippen molar-refractivity contribution in [2.45, 2.75) is 6.42 Å². The number of hydrogen-bond donors (Lipinski definition) is 0. The number of nitrogens with zero attached hydrogens (tertiary/aromatic N) is 2. The quantitative estimate of drug-likeness (QED) is 0.510. The lowest BCUT2D eigenvalue weighted by Crippen LogP contribution is -2.27. The number of non-ortho nitro benzene ring substituents is 1. The molecule has 0 saturated heterocycles. The standard InChI is InChI=1S/C20H16N2O3/c23-20(15-16-11-13-19(14-12-16)22(24)25)21(17-7-3-1-4-8-17)18-9-5-2-6-10-18/h1-14H,15H2. The van der Waals surface area contributed by atoms with Crippen LogP contribution in [0.25, 0.3) is 0 Å². The average Bonchev–Trinajstić information content (AvgIpc) is 2.64. The van der Waals surface area contributed by atoms with E-state index in [-0.39, 0.29) is 18.0 Å². The van der Waals surface area contributed by atoms with E-state index in [0.717, 1.165) is 16.9 Å². The van der Waals surface area contributed by atoms with E-state index < -0.39 is 4.92 Å². The molecule has 0 unspecified atom stereocenters. The number of amides is 1. The minimum atomic E-state index is -0.453. The zero-order chi connectivity index (χ0) is 17.6. The number of rotatable bonds is 5. The maximum absolute atomic E-state index is 12.9. The molecule has 1 amide bonds. The second kappa shape index (κ2) is 7.40.